The zero-order chi connectivity index (χ0) is 13.5. The fourth-order valence-electron chi connectivity index (χ4n) is 1.57. The highest BCUT2D eigenvalue weighted by Gasteiger charge is 2.07. The van der Waals surface area contributed by atoms with Gasteiger partial charge in [-0.25, -0.2) is 0 Å². The van der Waals surface area contributed by atoms with E-state index in [1.54, 1.807) is 0 Å². The molecule has 1 atom stereocenters. The largest absolute Gasteiger partial charge is 0.378 e. The molecule has 0 bridgehead atoms. The van der Waals surface area contributed by atoms with Gasteiger partial charge >= 0.3 is 0 Å². The number of benzene rings is 1. The zero-order valence-electron chi connectivity index (χ0n) is 11.2. The van der Waals surface area contributed by atoms with Gasteiger partial charge in [-0.15, -0.1) is 11.6 Å². The molecule has 1 aromatic carbocycles. The maximum atomic E-state index is 11.9. The van der Waals surface area contributed by atoms with Crippen LogP contribution in [0.15, 0.2) is 24.3 Å². The third-order valence-corrected chi connectivity index (χ3v) is 3.08. The van der Waals surface area contributed by atoms with Crippen LogP contribution < -0.4 is 10.2 Å². The second kappa shape index (κ2) is 7.27. The van der Waals surface area contributed by atoms with Crippen LogP contribution in [-0.2, 0) is 0 Å². The molecule has 0 heterocycles. The Hall–Kier alpha value is -1.22. The molecule has 0 aliphatic heterocycles. The molecule has 1 N–H and O–H groups in total. The molecule has 1 unspecified atom stereocenters. The summed E-state index contributed by atoms with van der Waals surface area (Å²) in [6, 6.07) is 7.57. The first kappa shape index (κ1) is 14.8. The summed E-state index contributed by atoms with van der Waals surface area (Å²) < 4.78 is 0. The van der Waals surface area contributed by atoms with Crippen LogP contribution in [0.5, 0.6) is 0 Å². The second-order valence-electron chi connectivity index (χ2n) is 4.73. The molecule has 100 valence electrons. The zero-order valence-corrected chi connectivity index (χ0v) is 12.0. The Labute approximate surface area is 114 Å². The molecular formula is C14H21ClN2O. The molecule has 4 heteroatoms. The Kier molecular flexibility index (Phi) is 5.99. The minimum absolute atomic E-state index is 0.0262. The Morgan fingerprint density at radius 1 is 1.33 bits per heavy atom. The quantitative estimate of drug-likeness (QED) is 0.805. The highest BCUT2D eigenvalue weighted by molar-refractivity contribution is 6.17. The van der Waals surface area contributed by atoms with E-state index in [0.717, 1.165) is 12.1 Å². The van der Waals surface area contributed by atoms with Crippen LogP contribution in [0.25, 0.3) is 0 Å². The lowest BCUT2D eigenvalue weighted by Crippen LogP contribution is -2.28. The summed E-state index contributed by atoms with van der Waals surface area (Å²) in [5.74, 6) is 1.02. The number of rotatable bonds is 6. The van der Waals surface area contributed by atoms with Crippen LogP contribution >= 0.6 is 11.6 Å². The summed E-state index contributed by atoms with van der Waals surface area (Å²) in [6.45, 7) is 2.75. The van der Waals surface area contributed by atoms with Crippen molar-refractivity contribution in [3.8, 4) is 0 Å². The predicted molar refractivity (Wildman–Crippen MR) is 77.6 cm³/mol. The molecule has 0 spiro atoms. The molecule has 0 radical (unpaired) electrons. The predicted octanol–water partition coefficient (Wildman–Crippen LogP) is 2.75. The molecule has 1 rings (SSSR count). The Morgan fingerprint density at radius 2 is 1.94 bits per heavy atom. The average molecular weight is 269 g/mol. The highest BCUT2D eigenvalue weighted by atomic mass is 35.5. The van der Waals surface area contributed by atoms with Crippen molar-refractivity contribution in [3.05, 3.63) is 29.8 Å². The van der Waals surface area contributed by atoms with Crippen LogP contribution in [0.4, 0.5) is 5.69 Å². The van der Waals surface area contributed by atoms with Crippen molar-refractivity contribution in [2.45, 2.75) is 13.3 Å². The van der Waals surface area contributed by atoms with Gasteiger partial charge in [0.15, 0.2) is 0 Å². The van der Waals surface area contributed by atoms with E-state index in [9.17, 15) is 4.79 Å². The first-order valence-electron chi connectivity index (χ1n) is 6.16. The van der Waals surface area contributed by atoms with E-state index in [0.29, 0.717) is 23.9 Å². The Balaban J connectivity index is 2.51. The normalized spacial score (nSPS) is 12.0. The summed E-state index contributed by atoms with van der Waals surface area (Å²) >= 11 is 5.66. The lowest BCUT2D eigenvalue weighted by Gasteiger charge is -2.13. The number of hydrogen-bond donors (Lipinski definition) is 1. The third-order valence-electron chi connectivity index (χ3n) is 2.86. The average Bonchev–Trinajstić information content (AvgIpc) is 2.36. The number of alkyl halides is 1. The number of nitrogens with zero attached hydrogens (tertiary/aromatic N) is 1. The molecule has 0 saturated carbocycles. The lowest BCUT2D eigenvalue weighted by molar-refractivity contribution is 0.0948. The summed E-state index contributed by atoms with van der Waals surface area (Å²) in [6.07, 6.45) is 0.918. The first-order valence-corrected chi connectivity index (χ1v) is 6.69. The van der Waals surface area contributed by atoms with Crippen molar-refractivity contribution < 1.29 is 4.79 Å². The SMILES string of the molecule is CC(CCCl)CNC(=O)c1ccc(N(C)C)cc1. The van der Waals surface area contributed by atoms with E-state index in [1.165, 1.54) is 0 Å². The lowest BCUT2D eigenvalue weighted by atomic mass is 10.1. The van der Waals surface area contributed by atoms with Crippen molar-refractivity contribution in [2.24, 2.45) is 5.92 Å². The van der Waals surface area contributed by atoms with Gasteiger partial charge in [0.05, 0.1) is 0 Å². The van der Waals surface area contributed by atoms with Crippen molar-refractivity contribution in [3.63, 3.8) is 0 Å². The number of hydrogen-bond acceptors (Lipinski definition) is 2. The van der Waals surface area contributed by atoms with Crippen LogP contribution in [0.1, 0.15) is 23.7 Å². The van der Waals surface area contributed by atoms with Crippen molar-refractivity contribution >= 4 is 23.2 Å². The summed E-state index contributed by atoms with van der Waals surface area (Å²) in [5.41, 5.74) is 1.78. The van der Waals surface area contributed by atoms with Gasteiger partial charge in [-0.2, -0.15) is 0 Å². The maximum Gasteiger partial charge on any atom is 0.251 e. The van der Waals surface area contributed by atoms with Gasteiger partial charge in [-0.3, -0.25) is 4.79 Å². The Bertz CT molecular complexity index is 376. The Morgan fingerprint density at radius 3 is 2.44 bits per heavy atom. The van der Waals surface area contributed by atoms with Crippen LogP contribution in [0, 0.1) is 5.92 Å². The van der Waals surface area contributed by atoms with Crippen molar-refractivity contribution in [1.29, 1.82) is 0 Å². The number of anilines is 1. The first-order chi connectivity index (χ1) is 8.54. The third kappa shape index (κ3) is 4.57. The molecule has 0 aromatic heterocycles. The van der Waals surface area contributed by atoms with Gasteiger partial charge in [0.2, 0.25) is 0 Å². The minimum atomic E-state index is -0.0262. The molecule has 0 aliphatic carbocycles. The fourth-order valence-corrected chi connectivity index (χ4v) is 1.94. The number of carbonyl (C=O) groups excluding carboxylic acids is 1. The maximum absolute atomic E-state index is 11.9. The van der Waals surface area contributed by atoms with Crippen molar-refractivity contribution in [2.75, 3.05) is 31.4 Å². The van der Waals surface area contributed by atoms with E-state index in [1.807, 2.05) is 43.3 Å². The van der Waals surface area contributed by atoms with Gasteiger partial charge in [-0.1, -0.05) is 6.92 Å². The fraction of sp³-hybridized carbons (Fsp3) is 0.500. The van der Waals surface area contributed by atoms with E-state index in [2.05, 4.69) is 12.2 Å². The molecular weight excluding hydrogens is 248 g/mol. The number of carbonyl (C=O) groups is 1. The second-order valence-corrected chi connectivity index (χ2v) is 5.11. The highest BCUT2D eigenvalue weighted by Crippen LogP contribution is 2.12. The van der Waals surface area contributed by atoms with Crippen LogP contribution in [-0.4, -0.2) is 32.4 Å². The van der Waals surface area contributed by atoms with Gasteiger partial charge in [0.25, 0.3) is 5.91 Å². The molecule has 18 heavy (non-hydrogen) atoms. The molecule has 3 nitrogen and oxygen atoms in total. The summed E-state index contributed by atoms with van der Waals surface area (Å²) in [4.78, 5) is 13.9. The van der Waals surface area contributed by atoms with Crippen molar-refractivity contribution in [1.82, 2.24) is 5.32 Å². The minimum Gasteiger partial charge on any atom is -0.378 e. The van der Waals surface area contributed by atoms with E-state index < -0.39 is 0 Å². The number of amides is 1. The van der Waals surface area contributed by atoms with Crippen LogP contribution in [0.2, 0.25) is 0 Å². The van der Waals surface area contributed by atoms with Gasteiger partial charge in [0, 0.05) is 37.8 Å². The topological polar surface area (TPSA) is 32.3 Å². The molecule has 0 aliphatic rings. The molecule has 0 fully saturated rings. The van der Waals surface area contributed by atoms with Crippen LogP contribution in [0.3, 0.4) is 0 Å². The van der Waals surface area contributed by atoms with Gasteiger partial charge in [0.1, 0.15) is 0 Å². The standard InChI is InChI=1S/C14H21ClN2O/c1-11(8-9-15)10-16-14(18)12-4-6-13(7-5-12)17(2)3/h4-7,11H,8-10H2,1-3H3,(H,16,18). The summed E-state index contributed by atoms with van der Waals surface area (Å²) in [5, 5.41) is 2.92. The van der Waals surface area contributed by atoms with E-state index in [4.69, 9.17) is 11.6 Å². The van der Waals surface area contributed by atoms with Gasteiger partial charge < -0.3 is 10.2 Å². The van der Waals surface area contributed by atoms with E-state index in [-0.39, 0.29) is 5.91 Å². The summed E-state index contributed by atoms with van der Waals surface area (Å²) in [7, 11) is 3.95. The smallest absolute Gasteiger partial charge is 0.251 e. The molecule has 0 saturated heterocycles. The molecule has 1 aromatic rings. The molecule has 1 amide bonds. The van der Waals surface area contributed by atoms with E-state index >= 15 is 0 Å². The monoisotopic (exact) mass is 268 g/mol. The van der Waals surface area contributed by atoms with Gasteiger partial charge in [-0.05, 0) is 36.6 Å². The number of nitrogens with one attached hydrogen (secondary N) is 1. The number of halogens is 1.